The molecular weight excluding hydrogens is 1690 g/mol. The molecule has 0 aromatic rings. The molecular formula is C88H157N3O37. The molecule has 40 heteroatoms. The van der Waals surface area contributed by atoms with E-state index >= 15 is 0 Å². The third kappa shape index (κ3) is 34.1. The van der Waals surface area contributed by atoms with Crippen LogP contribution in [0, 0.1) is 0 Å². The highest BCUT2D eigenvalue weighted by Crippen LogP contribution is 2.39. The SMILES string of the molecule is CCCCCCCC/C=C\CCCCCCCCCCCCCC(=O)N[C@@H](CO[C@@H]1OC(CO)[C@@H](O[C@@H]2OC(CO)[C@H](O[C@@H]3OC(CO)[C@H](O)[C@H](O[C@@H]4OC(CO[C@@H]5OC(CO)[C@@H](O[C@@H]6OC(CO)[C@H](O)[C@H](O)C6O)[C@H](O[C@H]6C(O)[C@H](O)C(C)O[C@H]6O)C5NC(C)=O)[C@H](O)[C@H](O)C4NC(C)=O)C3O)[C@H](O)C2O)[C@H](O)C1O)[C@H](O)/C=C/CCCCCCCCCCCCC. The molecule has 23 N–H and O–H groups in total. The molecule has 0 saturated carbocycles. The first-order valence-electron chi connectivity index (χ1n) is 47.0. The van der Waals surface area contributed by atoms with Crippen LogP contribution in [0.25, 0.3) is 0 Å². The Balaban J connectivity index is 0.965. The first-order valence-corrected chi connectivity index (χ1v) is 47.0. The molecule has 0 spiro atoms. The minimum atomic E-state index is -2.30. The van der Waals surface area contributed by atoms with E-state index in [0.717, 1.165) is 71.6 Å². The van der Waals surface area contributed by atoms with Crippen molar-refractivity contribution in [1.82, 2.24) is 16.0 Å². The van der Waals surface area contributed by atoms with Crippen LogP contribution in [0.5, 0.6) is 0 Å². The highest BCUT2D eigenvalue weighted by molar-refractivity contribution is 5.76. The molecule has 7 heterocycles. The molecule has 3 amide bonds. The predicted octanol–water partition coefficient (Wildman–Crippen LogP) is -1.46. The van der Waals surface area contributed by atoms with Gasteiger partial charge in [-0.15, -0.1) is 0 Å². The number of carbonyl (C=O) groups is 3. The average molecular weight is 1850 g/mol. The minimum Gasteiger partial charge on any atom is -0.394 e. The van der Waals surface area contributed by atoms with Gasteiger partial charge in [0.05, 0.1) is 64.5 Å². The Kier molecular flexibility index (Phi) is 51.9. The van der Waals surface area contributed by atoms with Gasteiger partial charge in [0, 0.05) is 20.3 Å². The number of hydrogen-bond donors (Lipinski definition) is 23. The number of amides is 3. The van der Waals surface area contributed by atoms with Gasteiger partial charge < -0.3 is 184 Å². The van der Waals surface area contributed by atoms with Gasteiger partial charge in [0.2, 0.25) is 17.7 Å². The molecule has 0 aliphatic carbocycles. The fourth-order valence-corrected chi connectivity index (χ4v) is 17.3. The van der Waals surface area contributed by atoms with Crippen molar-refractivity contribution in [3.8, 4) is 0 Å². The van der Waals surface area contributed by atoms with Gasteiger partial charge in [-0.25, -0.2) is 0 Å². The van der Waals surface area contributed by atoms with E-state index in [1.807, 2.05) is 6.08 Å². The molecule has 746 valence electrons. The molecule has 0 aromatic heterocycles. The summed E-state index contributed by atoms with van der Waals surface area (Å²) in [5.41, 5.74) is 0. The Morgan fingerprint density at radius 3 is 1.22 bits per heavy atom. The fraction of sp³-hybridized carbons (Fsp3) is 0.920. The number of hydrogen-bond acceptors (Lipinski definition) is 37. The van der Waals surface area contributed by atoms with Crippen LogP contribution in [-0.2, 0) is 80.7 Å². The first kappa shape index (κ1) is 112. The van der Waals surface area contributed by atoms with E-state index in [1.165, 1.54) is 135 Å². The van der Waals surface area contributed by atoms with Crippen LogP contribution >= 0.6 is 0 Å². The molecule has 14 unspecified atom stereocenters. The molecule has 7 fully saturated rings. The topological polar surface area (TPSA) is 621 Å². The van der Waals surface area contributed by atoms with Gasteiger partial charge in [0.25, 0.3) is 0 Å². The zero-order chi connectivity index (χ0) is 93.5. The van der Waals surface area contributed by atoms with Crippen molar-refractivity contribution in [2.24, 2.45) is 0 Å². The van der Waals surface area contributed by atoms with E-state index in [4.69, 9.17) is 66.3 Å². The lowest BCUT2D eigenvalue weighted by Gasteiger charge is -2.51. The van der Waals surface area contributed by atoms with E-state index in [1.54, 1.807) is 6.08 Å². The van der Waals surface area contributed by atoms with Crippen molar-refractivity contribution in [1.29, 1.82) is 0 Å². The third-order valence-electron chi connectivity index (χ3n) is 25.0. The summed E-state index contributed by atoms with van der Waals surface area (Å²) in [4.78, 5) is 39.6. The highest BCUT2D eigenvalue weighted by Gasteiger charge is 2.59. The lowest BCUT2D eigenvalue weighted by atomic mass is 9.93. The van der Waals surface area contributed by atoms with Gasteiger partial charge in [0.15, 0.2) is 44.0 Å². The summed E-state index contributed by atoms with van der Waals surface area (Å²) >= 11 is 0. The van der Waals surface area contributed by atoms with Crippen LogP contribution in [-0.4, -0.2) is 393 Å². The summed E-state index contributed by atoms with van der Waals surface area (Å²) in [6.45, 7) is 1.29. The Morgan fingerprint density at radius 2 is 0.719 bits per heavy atom. The normalized spacial score (nSPS) is 37.7. The van der Waals surface area contributed by atoms with Crippen LogP contribution in [0.1, 0.15) is 240 Å². The maximum Gasteiger partial charge on any atom is 0.220 e. The monoisotopic (exact) mass is 1850 g/mol. The van der Waals surface area contributed by atoms with Gasteiger partial charge in [-0.2, -0.15) is 0 Å². The Bertz CT molecular complexity index is 3070. The van der Waals surface area contributed by atoms with Crippen LogP contribution in [0.4, 0.5) is 0 Å². The van der Waals surface area contributed by atoms with Crippen LogP contribution in [0.3, 0.4) is 0 Å². The lowest BCUT2D eigenvalue weighted by Crippen LogP contribution is -2.70. The van der Waals surface area contributed by atoms with Crippen molar-refractivity contribution < 1.29 is 183 Å². The summed E-state index contributed by atoms with van der Waals surface area (Å²) in [6, 6.07) is -4.68. The van der Waals surface area contributed by atoms with Crippen LogP contribution in [0.15, 0.2) is 24.3 Å². The van der Waals surface area contributed by atoms with Crippen molar-refractivity contribution in [2.45, 2.75) is 467 Å². The molecule has 128 heavy (non-hydrogen) atoms. The molecule has 7 aliphatic rings. The number of aliphatic hydroxyl groups excluding tert-OH is 20. The summed E-state index contributed by atoms with van der Waals surface area (Å²) in [6.07, 6.45) is -21.2. The summed E-state index contributed by atoms with van der Waals surface area (Å²) in [5, 5.41) is 232. The van der Waals surface area contributed by atoms with Crippen LogP contribution in [0.2, 0.25) is 0 Å². The van der Waals surface area contributed by atoms with Gasteiger partial charge in [0.1, 0.15) is 165 Å². The molecule has 0 aromatic carbocycles. The van der Waals surface area contributed by atoms with E-state index in [-0.39, 0.29) is 12.3 Å². The zero-order valence-corrected chi connectivity index (χ0v) is 75.1. The average Bonchev–Trinajstić information content (AvgIpc) is 0.765. The van der Waals surface area contributed by atoms with Crippen molar-refractivity contribution in [3.63, 3.8) is 0 Å². The van der Waals surface area contributed by atoms with Crippen molar-refractivity contribution >= 4 is 17.7 Å². The maximum absolute atomic E-state index is 13.6. The standard InChI is InChI=1S/C88H157N3O37/c1-6-8-10-12-14-16-18-20-21-22-23-24-25-26-27-29-31-33-35-37-39-41-60(100)91-52(53(99)40-38-36-34-32-30-28-19-17-15-13-11-9-7-2)47-115-85-73(111)70(108)76(56(44-94)121-85)125-87-74(112)71(109)77(57(45-95)122-87)126-88-75(113)80(66(104)55(43-93)119-88)128-84-61(89-50(4)97)67(105)65(103)59(123-84)48-116-83-62(90-51(5)98)79(124-81-69(107)63(101)49(3)117-82(81)114)78(58(46-96)120-83)127-86-72(110)68(106)64(102)54(42-92)118-86/h20-21,38,40,49,52-59,61-88,92-96,99,101-114H,6-19,22-37,39,41-48H2,1-5H3,(H,89,97)(H,90,98)(H,91,100)/b21-20-,40-38+/t49?,52-,53+,54?,55?,56?,57?,58?,59?,61?,62?,63+,64-,65-,66-,67+,68-,69?,70+,71+,72?,73?,74?,75?,76+,77-,78+,79+,80-,81-,82+,83+,84-,85+,86-,87-,88-/m0/s1. The smallest absolute Gasteiger partial charge is 0.220 e. The largest absolute Gasteiger partial charge is 0.394 e. The second-order valence-electron chi connectivity index (χ2n) is 35.2. The number of carbonyl (C=O) groups excluding carboxylic acids is 3. The molecule has 7 aliphatic heterocycles. The molecule has 7 rings (SSSR count). The minimum absolute atomic E-state index is 0.168. The first-order chi connectivity index (χ1) is 61.5. The van der Waals surface area contributed by atoms with E-state index in [2.05, 4.69) is 41.9 Å². The number of aliphatic hydroxyl groups is 20. The Labute approximate surface area is 751 Å². The number of unbranched alkanes of at least 4 members (excludes halogenated alkanes) is 28. The van der Waals surface area contributed by atoms with Crippen molar-refractivity contribution in [3.05, 3.63) is 24.3 Å². The van der Waals surface area contributed by atoms with Gasteiger partial charge in [-0.3, -0.25) is 14.4 Å². The quantitative estimate of drug-likeness (QED) is 0.0244. The molecule has 0 radical (unpaired) electrons. The zero-order valence-electron chi connectivity index (χ0n) is 75.1. The van der Waals surface area contributed by atoms with Crippen molar-refractivity contribution in [2.75, 3.05) is 46.2 Å². The maximum atomic E-state index is 13.6. The summed E-state index contributed by atoms with van der Waals surface area (Å²) in [7, 11) is 0. The summed E-state index contributed by atoms with van der Waals surface area (Å²) < 4.78 is 83.3. The predicted molar refractivity (Wildman–Crippen MR) is 453 cm³/mol. The van der Waals surface area contributed by atoms with E-state index < -0.39 is 285 Å². The second-order valence-corrected chi connectivity index (χ2v) is 35.2. The summed E-state index contributed by atoms with van der Waals surface area (Å²) in [5.74, 6) is -2.09. The van der Waals surface area contributed by atoms with Gasteiger partial charge in [-0.1, -0.05) is 192 Å². The fourth-order valence-electron chi connectivity index (χ4n) is 17.3. The molecule has 0 bridgehead atoms. The molecule has 7 saturated heterocycles. The van der Waals surface area contributed by atoms with E-state index in [9.17, 15) is 117 Å². The van der Waals surface area contributed by atoms with Crippen LogP contribution < -0.4 is 16.0 Å². The molecule has 37 atom stereocenters. The van der Waals surface area contributed by atoms with Gasteiger partial charge in [-0.05, 0) is 51.9 Å². The highest BCUT2D eigenvalue weighted by atomic mass is 16.8. The lowest BCUT2D eigenvalue weighted by molar-refractivity contribution is -0.387. The molecule has 40 nitrogen and oxygen atoms in total. The Morgan fingerprint density at radius 1 is 0.336 bits per heavy atom. The number of allylic oxidation sites excluding steroid dienone is 3. The number of rotatable bonds is 59. The Hall–Kier alpha value is -3.47. The third-order valence-corrected chi connectivity index (χ3v) is 25.0. The number of nitrogens with one attached hydrogen (secondary N) is 3. The second kappa shape index (κ2) is 59.5. The van der Waals surface area contributed by atoms with Gasteiger partial charge >= 0.3 is 0 Å². The number of ether oxygens (including phenoxy) is 14. The van der Waals surface area contributed by atoms with E-state index in [0.29, 0.717) is 12.8 Å².